The van der Waals surface area contributed by atoms with Gasteiger partial charge in [-0.25, -0.2) is 0 Å². The van der Waals surface area contributed by atoms with Crippen molar-refractivity contribution in [3.8, 4) is 11.3 Å². The number of nitrogens with one attached hydrogen (secondary N) is 1. The van der Waals surface area contributed by atoms with E-state index in [1.807, 2.05) is 48.5 Å². The molecule has 0 bridgehead atoms. The Kier molecular flexibility index (Phi) is 7.07. The first-order valence-corrected chi connectivity index (χ1v) is 11.8. The predicted molar refractivity (Wildman–Crippen MR) is 137 cm³/mol. The van der Waals surface area contributed by atoms with Gasteiger partial charge >= 0.3 is 0 Å². The number of nitrogens with zero attached hydrogens (tertiary/aromatic N) is 6. The maximum Gasteiger partial charge on any atom is 0.236 e. The molecule has 3 heterocycles. The Morgan fingerprint density at radius 1 is 1.03 bits per heavy atom. The van der Waals surface area contributed by atoms with Crippen molar-refractivity contribution in [2.75, 3.05) is 23.9 Å². The zero-order valence-electron chi connectivity index (χ0n) is 20.5. The highest BCUT2D eigenvalue weighted by molar-refractivity contribution is 5.67. The van der Waals surface area contributed by atoms with Gasteiger partial charge < -0.3 is 15.3 Å². The predicted octanol–water partition coefficient (Wildman–Crippen LogP) is 4.90. The summed E-state index contributed by atoms with van der Waals surface area (Å²) in [7, 11) is 1.97. The minimum absolute atomic E-state index is 0.0170. The van der Waals surface area contributed by atoms with Gasteiger partial charge in [-0.05, 0) is 42.5 Å². The lowest BCUT2D eigenvalue weighted by molar-refractivity contribution is 0.259. The van der Waals surface area contributed by atoms with E-state index in [0.717, 1.165) is 34.6 Å². The number of aliphatic hydroxyl groups is 1. The fourth-order valence-corrected chi connectivity index (χ4v) is 4.00. The first kappa shape index (κ1) is 23.6. The molecule has 1 atom stereocenters. The molecular weight excluding hydrogens is 426 g/mol. The van der Waals surface area contributed by atoms with E-state index >= 15 is 0 Å². The van der Waals surface area contributed by atoms with Crippen LogP contribution in [0.1, 0.15) is 45.6 Å². The van der Waals surface area contributed by atoms with Gasteiger partial charge in [0.15, 0.2) is 5.65 Å². The SMILES string of the molecule is CC(C)C[C@@H](CO)Nc1nc(N(C)c2ccc(-c3ccccn3)cc2)n2ncc(C(C)C)c2n1. The summed E-state index contributed by atoms with van der Waals surface area (Å²) in [4.78, 5) is 16.0. The number of benzene rings is 1. The summed E-state index contributed by atoms with van der Waals surface area (Å²) in [5, 5.41) is 17.8. The van der Waals surface area contributed by atoms with Crippen molar-refractivity contribution >= 4 is 23.2 Å². The summed E-state index contributed by atoms with van der Waals surface area (Å²) in [5.41, 5.74) is 4.76. The number of anilines is 3. The van der Waals surface area contributed by atoms with Crippen LogP contribution in [0, 0.1) is 5.92 Å². The van der Waals surface area contributed by atoms with E-state index in [9.17, 15) is 5.11 Å². The standard InChI is InChI=1S/C26H33N7O/c1-17(2)14-20(16-34)29-25-30-24-22(18(3)4)15-28-33(24)26(31-25)32(5)21-11-9-19(10-12-21)23-8-6-7-13-27-23/h6-13,15,17-18,20,34H,14,16H2,1-5H3,(H,29,30)/t20-/m0/s1. The summed E-state index contributed by atoms with van der Waals surface area (Å²) >= 11 is 0. The number of aromatic nitrogens is 5. The van der Waals surface area contributed by atoms with Crippen LogP contribution in [0.25, 0.3) is 16.9 Å². The van der Waals surface area contributed by atoms with Crippen LogP contribution in [0.2, 0.25) is 0 Å². The highest BCUT2D eigenvalue weighted by Gasteiger charge is 2.20. The molecule has 0 radical (unpaired) electrons. The van der Waals surface area contributed by atoms with E-state index < -0.39 is 0 Å². The summed E-state index contributed by atoms with van der Waals surface area (Å²) in [6.07, 6.45) is 4.48. The van der Waals surface area contributed by atoms with Crippen LogP contribution < -0.4 is 10.2 Å². The Hall–Kier alpha value is -3.52. The number of rotatable bonds is 9. The molecule has 8 nitrogen and oxygen atoms in total. The number of hydrogen-bond acceptors (Lipinski definition) is 7. The second kappa shape index (κ2) is 10.2. The van der Waals surface area contributed by atoms with Crippen LogP contribution in [0.5, 0.6) is 0 Å². The first-order chi connectivity index (χ1) is 16.4. The highest BCUT2D eigenvalue weighted by Crippen LogP contribution is 2.29. The van der Waals surface area contributed by atoms with E-state index in [2.05, 4.69) is 55.2 Å². The molecule has 0 aliphatic carbocycles. The van der Waals surface area contributed by atoms with Crippen molar-refractivity contribution in [2.45, 2.75) is 46.1 Å². The summed E-state index contributed by atoms with van der Waals surface area (Å²) < 4.78 is 1.78. The van der Waals surface area contributed by atoms with Crippen LogP contribution in [0.15, 0.2) is 54.9 Å². The third-order valence-corrected chi connectivity index (χ3v) is 5.83. The number of aliphatic hydroxyl groups excluding tert-OH is 1. The molecule has 0 aliphatic rings. The highest BCUT2D eigenvalue weighted by atomic mass is 16.3. The number of hydrogen-bond donors (Lipinski definition) is 2. The molecule has 0 saturated carbocycles. The van der Waals surface area contributed by atoms with Crippen molar-refractivity contribution in [3.63, 3.8) is 0 Å². The van der Waals surface area contributed by atoms with E-state index in [-0.39, 0.29) is 18.6 Å². The smallest absolute Gasteiger partial charge is 0.236 e. The molecule has 1 aromatic carbocycles. The van der Waals surface area contributed by atoms with Gasteiger partial charge in [0.05, 0.1) is 24.5 Å². The fraction of sp³-hybridized carbons (Fsp3) is 0.385. The lowest BCUT2D eigenvalue weighted by Crippen LogP contribution is -2.27. The molecule has 34 heavy (non-hydrogen) atoms. The molecule has 2 N–H and O–H groups in total. The van der Waals surface area contributed by atoms with Crippen molar-refractivity contribution in [1.29, 1.82) is 0 Å². The monoisotopic (exact) mass is 459 g/mol. The topological polar surface area (TPSA) is 91.5 Å². The third-order valence-electron chi connectivity index (χ3n) is 5.83. The average Bonchev–Trinajstić information content (AvgIpc) is 3.27. The van der Waals surface area contributed by atoms with E-state index in [0.29, 0.717) is 17.8 Å². The largest absolute Gasteiger partial charge is 0.394 e. The summed E-state index contributed by atoms with van der Waals surface area (Å²) in [6.45, 7) is 8.54. The Morgan fingerprint density at radius 3 is 2.41 bits per heavy atom. The lowest BCUT2D eigenvalue weighted by atomic mass is 10.0. The molecule has 4 aromatic rings. The van der Waals surface area contributed by atoms with Crippen LogP contribution in [-0.4, -0.2) is 49.4 Å². The van der Waals surface area contributed by atoms with Crippen molar-refractivity contribution < 1.29 is 5.11 Å². The van der Waals surface area contributed by atoms with Gasteiger partial charge in [0.2, 0.25) is 11.9 Å². The van der Waals surface area contributed by atoms with Gasteiger partial charge in [-0.2, -0.15) is 19.6 Å². The van der Waals surface area contributed by atoms with Gasteiger partial charge in [0.1, 0.15) is 0 Å². The molecule has 0 amide bonds. The molecule has 0 aliphatic heterocycles. The van der Waals surface area contributed by atoms with Crippen LogP contribution in [-0.2, 0) is 0 Å². The molecule has 0 fully saturated rings. The minimum atomic E-state index is -0.122. The molecule has 3 aromatic heterocycles. The van der Waals surface area contributed by atoms with Crippen LogP contribution in [0.4, 0.5) is 17.6 Å². The Balaban J connectivity index is 1.72. The van der Waals surface area contributed by atoms with Gasteiger partial charge in [0, 0.05) is 30.1 Å². The molecule has 0 saturated heterocycles. The average molecular weight is 460 g/mol. The Bertz CT molecular complexity index is 1220. The molecule has 178 valence electrons. The van der Waals surface area contributed by atoms with Crippen molar-refractivity contribution in [3.05, 3.63) is 60.4 Å². The Morgan fingerprint density at radius 2 is 1.79 bits per heavy atom. The number of pyridine rings is 1. The van der Waals surface area contributed by atoms with E-state index in [4.69, 9.17) is 9.97 Å². The maximum absolute atomic E-state index is 9.88. The molecule has 0 spiro atoms. The molecule has 8 heteroatoms. The maximum atomic E-state index is 9.88. The fourth-order valence-electron chi connectivity index (χ4n) is 4.00. The first-order valence-electron chi connectivity index (χ1n) is 11.8. The van der Waals surface area contributed by atoms with E-state index in [1.54, 1.807) is 10.7 Å². The van der Waals surface area contributed by atoms with E-state index in [1.165, 1.54) is 0 Å². The zero-order chi connectivity index (χ0) is 24.2. The quantitative estimate of drug-likeness (QED) is 0.368. The van der Waals surface area contributed by atoms with Gasteiger partial charge in [-0.3, -0.25) is 4.98 Å². The Labute approximate surface area is 200 Å². The van der Waals surface area contributed by atoms with Crippen LogP contribution in [0.3, 0.4) is 0 Å². The van der Waals surface area contributed by atoms with Gasteiger partial charge in [-0.15, -0.1) is 0 Å². The van der Waals surface area contributed by atoms with Gasteiger partial charge in [-0.1, -0.05) is 45.9 Å². The lowest BCUT2D eigenvalue weighted by Gasteiger charge is -2.22. The number of fused-ring (bicyclic) bond motifs is 1. The van der Waals surface area contributed by atoms with Crippen LogP contribution >= 0.6 is 0 Å². The summed E-state index contributed by atoms with van der Waals surface area (Å²) in [6, 6.07) is 14.0. The van der Waals surface area contributed by atoms with Crippen molar-refractivity contribution in [2.24, 2.45) is 5.92 Å². The van der Waals surface area contributed by atoms with Crippen molar-refractivity contribution in [1.82, 2.24) is 24.6 Å². The minimum Gasteiger partial charge on any atom is -0.394 e. The molecular formula is C26H33N7O. The summed E-state index contributed by atoms with van der Waals surface area (Å²) in [5.74, 6) is 1.84. The normalized spacial score (nSPS) is 12.5. The molecule has 0 unspecified atom stereocenters. The molecule has 4 rings (SSSR count). The zero-order valence-corrected chi connectivity index (χ0v) is 20.5. The van der Waals surface area contributed by atoms with Gasteiger partial charge in [0.25, 0.3) is 0 Å². The third kappa shape index (κ3) is 5.02. The second-order valence-electron chi connectivity index (χ2n) is 9.31. The second-order valence-corrected chi connectivity index (χ2v) is 9.31.